The van der Waals surface area contributed by atoms with Crippen LogP contribution in [0.2, 0.25) is 0 Å². The molecule has 2 rings (SSSR count). The molecule has 1 aromatic rings. The Morgan fingerprint density at radius 3 is 2.16 bits per heavy atom. The van der Waals surface area contributed by atoms with Gasteiger partial charge in [-0.05, 0) is 0 Å². The number of rotatable bonds is 2. The topological polar surface area (TPSA) is 78.9 Å². The van der Waals surface area contributed by atoms with Crippen molar-refractivity contribution in [3.05, 3.63) is 33.4 Å². The van der Waals surface area contributed by atoms with E-state index in [0.717, 1.165) is 0 Å². The molecule has 0 aliphatic carbocycles. The summed E-state index contributed by atoms with van der Waals surface area (Å²) in [6.45, 7) is 2.35. The van der Waals surface area contributed by atoms with Crippen LogP contribution >= 0.6 is 18.3 Å². The molecular weight excluding hydrogens is 367 g/mol. The molecule has 1 aromatic carbocycles. The van der Waals surface area contributed by atoms with Crippen LogP contribution in [0.3, 0.4) is 0 Å². The van der Waals surface area contributed by atoms with Gasteiger partial charge in [0.1, 0.15) is 0 Å². The van der Waals surface area contributed by atoms with Crippen LogP contribution in [-0.4, -0.2) is 22.8 Å². The second kappa shape index (κ2) is 4.19. The number of benzene rings is 1. The number of carbonyl (C=O) groups excluding carboxylic acids is 3. The summed E-state index contributed by atoms with van der Waals surface area (Å²) in [5.41, 5.74) is 0.265. The van der Waals surface area contributed by atoms with Crippen LogP contribution in [-0.2, 0) is 18.8 Å². The van der Waals surface area contributed by atoms with E-state index in [2.05, 4.69) is 0 Å². The zero-order valence-corrected chi connectivity index (χ0v) is 12.8. The molecule has 0 fully saturated rings. The number of hydrogen-bond donors (Lipinski definition) is 0. The molecule has 0 saturated carbocycles. The SMILES string of the molecule is CC(=O)OI1(C)(OC(C)=O)OC(=O)c2ccccc21. The van der Waals surface area contributed by atoms with Gasteiger partial charge in [-0.3, -0.25) is 0 Å². The minimum absolute atomic E-state index is 0.265. The third-order valence-electron chi connectivity index (χ3n) is 2.37. The van der Waals surface area contributed by atoms with Crippen molar-refractivity contribution >= 4 is 36.2 Å². The quantitative estimate of drug-likeness (QED) is 0.578. The van der Waals surface area contributed by atoms with Gasteiger partial charge < -0.3 is 0 Å². The van der Waals surface area contributed by atoms with Gasteiger partial charge in [0.05, 0.1) is 0 Å². The molecular formula is C12H13IO6. The maximum absolute atomic E-state index is 11.9. The first-order chi connectivity index (χ1) is 8.75. The summed E-state index contributed by atoms with van der Waals surface area (Å²) in [7, 11) is 0. The van der Waals surface area contributed by atoms with Crippen LogP contribution in [0.1, 0.15) is 24.2 Å². The zero-order chi connectivity index (χ0) is 14.3. The fraction of sp³-hybridized carbons (Fsp3) is 0.250. The molecule has 0 aromatic heterocycles. The van der Waals surface area contributed by atoms with Crippen molar-refractivity contribution in [2.75, 3.05) is 4.93 Å². The van der Waals surface area contributed by atoms with Gasteiger partial charge in [-0.25, -0.2) is 0 Å². The van der Waals surface area contributed by atoms with Crippen molar-refractivity contribution in [3.8, 4) is 0 Å². The van der Waals surface area contributed by atoms with Crippen molar-refractivity contribution in [1.29, 1.82) is 0 Å². The van der Waals surface area contributed by atoms with E-state index in [9.17, 15) is 14.4 Å². The fourth-order valence-electron chi connectivity index (χ4n) is 1.87. The fourth-order valence-corrected chi connectivity index (χ4v) is 9.59. The van der Waals surface area contributed by atoms with Gasteiger partial charge >= 0.3 is 112 Å². The Bertz CT molecular complexity index is 569. The van der Waals surface area contributed by atoms with Crippen molar-refractivity contribution in [2.45, 2.75) is 13.8 Å². The van der Waals surface area contributed by atoms with Gasteiger partial charge in [0.2, 0.25) is 0 Å². The third-order valence-corrected chi connectivity index (χ3v) is 10.6. The van der Waals surface area contributed by atoms with E-state index in [1.54, 1.807) is 24.3 Å². The van der Waals surface area contributed by atoms with Crippen LogP contribution in [0, 0.1) is 3.57 Å². The average Bonchev–Trinajstić information content (AvgIpc) is 2.47. The Hall–Kier alpha value is -1.64. The van der Waals surface area contributed by atoms with E-state index < -0.39 is 36.2 Å². The zero-order valence-electron chi connectivity index (χ0n) is 10.6. The Morgan fingerprint density at radius 2 is 1.63 bits per heavy atom. The predicted molar refractivity (Wildman–Crippen MR) is 74.0 cm³/mol. The van der Waals surface area contributed by atoms with Gasteiger partial charge in [-0.2, -0.15) is 0 Å². The summed E-state index contributed by atoms with van der Waals surface area (Å²) in [6.07, 6.45) is 0. The number of carbonyl (C=O) groups is 3. The summed E-state index contributed by atoms with van der Waals surface area (Å²) in [6, 6.07) is 6.45. The number of alkyl halides is 1. The molecule has 0 atom stereocenters. The second-order valence-electron chi connectivity index (χ2n) is 4.05. The second-order valence-corrected chi connectivity index (χ2v) is 12.7. The van der Waals surface area contributed by atoms with E-state index in [0.29, 0.717) is 3.57 Å². The molecule has 104 valence electrons. The van der Waals surface area contributed by atoms with E-state index in [-0.39, 0.29) is 5.56 Å². The molecule has 1 aliphatic rings. The first-order valence-electron chi connectivity index (χ1n) is 5.33. The van der Waals surface area contributed by atoms with Crippen molar-refractivity contribution in [3.63, 3.8) is 0 Å². The van der Waals surface area contributed by atoms with Crippen molar-refractivity contribution in [2.24, 2.45) is 0 Å². The molecule has 0 amide bonds. The average molecular weight is 380 g/mol. The van der Waals surface area contributed by atoms with Gasteiger partial charge in [0.25, 0.3) is 0 Å². The van der Waals surface area contributed by atoms with Gasteiger partial charge in [-0.15, -0.1) is 0 Å². The molecule has 6 nitrogen and oxygen atoms in total. The first-order valence-corrected chi connectivity index (χ1v) is 11.2. The van der Waals surface area contributed by atoms with Crippen molar-refractivity contribution < 1.29 is 23.6 Å². The molecule has 1 aliphatic heterocycles. The number of fused-ring (bicyclic) bond motifs is 1. The standard InChI is InChI=1S/C12H13IO6/c1-8(14)17-13(3,18-9(2)15)11-7-5-4-6-10(11)12(16)19-13/h4-7H,1-3H3. The molecule has 7 heteroatoms. The van der Waals surface area contributed by atoms with Gasteiger partial charge in [-0.1, -0.05) is 0 Å². The summed E-state index contributed by atoms with van der Waals surface area (Å²) in [5.74, 6) is -1.97. The summed E-state index contributed by atoms with van der Waals surface area (Å²) in [5, 5.41) is 0. The number of halogens is 1. The molecule has 0 N–H and O–H groups in total. The molecule has 0 spiro atoms. The molecule has 1 heterocycles. The first kappa shape index (κ1) is 13.8. The Labute approximate surface area is 112 Å². The van der Waals surface area contributed by atoms with E-state index >= 15 is 0 Å². The van der Waals surface area contributed by atoms with Crippen LogP contribution in [0.5, 0.6) is 0 Å². The van der Waals surface area contributed by atoms with Crippen LogP contribution in [0.4, 0.5) is 0 Å². The molecule has 0 bridgehead atoms. The van der Waals surface area contributed by atoms with Crippen LogP contribution in [0.25, 0.3) is 0 Å². The van der Waals surface area contributed by atoms with E-state index in [1.807, 2.05) is 0 Å². The van der Waals surface area contributed by atoms with Gasteiger partial charge in [0, 0.05) is 0 Å². The van der Waals surface area contributed by atoms with Gasteiger partial charge in [0.15, 0.2) is 0 Å². The Morgan fingerprint density at radius 1 is 1.11 bits per heavy atom. The van der Waals surface area contributed by atoms with E-state index in [1.165, 1.54) is 18.8 Å². The Balaban J connectivity index is 2.68. The van der Waals surface area contributed by atoms with Crippen LogP contribution in [0.15, 0.2) is 24.3 Å². The summed E-state index contributed by atoms with van der Waals surface area (Å²) < 4.78 is 16.2. The van der Waals surface area contributed by atoms with E-state index in [4.69, 9.17) is 9.20 Å². The monoisotopic (exact) mass is 380 g/mol. The Kier molecular flexibility index (Phi) is 3.04. The molecule has 0 saturated heterocycles. The van der Waals surface area contributed by atoms with Crippen molar-refractivity contribution in [1.82, 2.24) is 0 Å². The normalized spacial score (nSPS) is 20.4. The molecule has 19 heavy (non-hydrogen) atoms. The predicted octanol–water partition coefficient (Wildman–Crippen LogP) is 2.11. The summed E-state index contributed by atoms with van der Waals surface area (Å²) in [4.78, 5) is 36.0. The molecule has 0 unspecified atom stereocenters. The minimum atomic E-state index is -5.01. The molecule has 0 radical (unpaired) electrons. The summed E-state index contributed by atoms with van der Waals surface area (Å²) >= 11 is -5.01. The maximum atomic E-state index is 11.9. The third kappa shape index (κ3) is 2.18. The van der Waals surface area contributed by atoms with Crippen LogP contribution < -0.4 is 0 Å². The number of hydrogen-bond acceptors (Lipinski definition) is 6.